The summed E-state index contributed by atoms with van der Waals surface area (Å²) in [7, 11) is 1.63. The Morgan fingerprint density at radius 3 is 2.73 bits per heavy atom. The lowest BCUT2D eigenvalue weighted by Crippen LogP contribution is -2.39. The van der Waals surface area contributed by atoms with E-state index in [1.54, 1.807) is 7.05 Å². The highest BCUT2D eigenvalue weighted by Crippen LogP contribution is 2.22. The number of carbonyl (C=O) groups excluding carboxylic acids is 2. The fourth-order valence-corrected chi connectivity index (χ4v) is 3.30. The van der Waals surface area contributed by atoms with Gasteiger partial charge in [0, 0.05) is 19.3 Å². The molecule has 0 saturated heterocycles. The van der Waals surface area contributed by atoms with Crippen LogP contribution < -0.4 is 5.32 Å². The van der Waals surface area contributed by atoms with Crippen molar-refractivity contribution < 1.29 is 9.59 Å². The highest BCUT2D eigenvalue weighted by atomic mass is 32.2. The number of hydrogen-bond acceptors (Lipinski definition) is 5. The van der Waals surface area contributed by atoms with Crippen LogP contribution in [0.2, 0.25) is 0 Å². The standard InChI is InChI=1S/C18H25N5O2S/c1-5-9-19-16(24)11-22(4)17(25)12-26-18-21-20-14(3)23(18)15-8-6-7-13(2)10-15/h6-8,10H,5,9,11-12H2,1-4H3,(H,19,24). The third kappa shape index (κ3) is 5.32. The van der Waals surface area contributed by atoms with Gasteiger partial charge in [-0.1, -0.05) is 30.8 Å². The molecule has 1 heterocycles. The maximum atomic E-state index is 12.3. The first-order valence-corrected chi connectivity index (χ1v) is 9.53. The lowest BCUT2D eigenvalue weighted by molar-refractivity contribution is -0.132. The van der Waals surface area contributed by atoms with Crippen LogP contribution in [0.1, 0.15) is 24.7 Å². The maximum absolute atomic E-state index is 12.3. The van der Waals surface area contributed by atoms with E-state index in [1.807, 2.05) is 49.6 Å². The predicted molar refractivity (Wildman–Crippen MR) is 102 cm³/mol. The van der Waals surface area contributed by atoms with Crippen LogP contribution in [0.4, 0.5) is 0 Å². The van der Waals surface area contributed by atoms with Crippen molar-refractivity contribution in [2.75, 3.05) is 25.9 Å². The SMILES string of the molecule is CCCNC(=O)CN(C)C(=O)CSc1nnc(C)n1-c1cccc(C)c1. The van der Waals surface area contributed by atoms with Crippen molar-refractivity contribution in [1.29, 1.82) is 0 Å². The van der Waals surface area contributed by atoms with Crippen molar-refractivity contribution >= 4 is 23.6 Å². The van der Waals surface area contributed by atoms with E-state index < -0.39 is 0 Å². The molecular formula is C18H25N5O2S. The summed E-state index contributed by atoms with van der Waals surface area (Å²) in [5.41, 5.74) is 2.11. The quantitative estimate of drug-likeness (QED) is 0.714. The molecule has 0 radical (unpaired) electrons. The highest BCUT2D eigenvalue weighted by molar-refractivity contribution is 7.99. The molecule has 1 aromatic carbocycles. The molecule has 2 rings (SSSR count). The number of likely N-dealkylation sites (N-methyl/N-ethyl adjacent to an activating group) is 1. The van der Waals surface area contributed by atoms with Gasteiger partial charge < -0.3 is 10.2 Å². The van der Waals surface area contributed by atoms with Gasteiger partial charge in [0.25, 0.3) is 0 Å². The topological polar surface area (TPSA) is 80.1 Å². The molecular weight excluding hydrogens is 350 g/mol. The van der Waals surface area contributed by atoms with Gasteiger partial charge >= 0.3 is 0 Å². The Labute approximate surface area is 158 Å². The van der Waals surface area contributed by atoms with Crippen molar-refractivity contribution in [3.05, 3.63) is 35.7 Å². The average Bonchev–Trinajstić information content (AvgIpc) is 2.98. The summed E-state index contributed by atoms with van der Waals surface area (Å²) >= 11 is 1.32. The lowest BCUT2D eigenvalue weighted by Gasteiger charge is -2.16. The van der Waals surface area contributed by atoms with Gasteiger partial charge in [0.1, 0.15) is 5.82 Å². The molecule has 7 nitrogen and oxygen atoms in total. The van der Waals surface area contributed by atoms with Gasteiger partial charge in [0.15, 0.2) is 5.16 Å². The minimum Gasteiger partial charge on any atom is -0.355 e. The Morgan fingerprint density at radius 1 is 1.27 bits per heavy atom. The summed E-state index contributed by atoms with van der Waals surface area (Å²) in [6, 6.07) is 8.04. The third-order valence-electron chi connectivity index (χ3n) is 3.76. The van der Waals surface area contributed by atoms with E-state index in [9.17, 15) is 9.59 Å². The number of aryl methyl sites for hydroxylation is 2. The van der Waals surface area contributed by atoms with Crippen molar-refractivity contribution in [1.82, 2.24) is 25.0 Å². The number of nitrogens with zero attached hydrogens (tertiary/aromatic N) is 4. The van der Waals surface area contributed by atoms with Gasteiger partial charge in [-0.25, -0.2) is 0 Å². The monoisotopic (exact) mass is 375 g/mol. The van der Waals surface area contributed by atoms with Crippen molar-refractivity contribution in [3.8, 4) is 5.69 Å². The molecule has 0 bridgehead atoms. The van der Waals surface area contributed by atoms with Crippen LogP contribution in [-0.2, 0) is 9.59 Å². The molecule has 0 aliphatic carbocycles. The fourth-order valence-electron chi connectivity index (χ4n) is 2.36. The molecule has 0 fully saturated rings. The molecule has 8 heteroatoms. The fraction of sp³-hybridized carbons (Fsp3) is 0.444. The highest BCUT2D eigenvalue weighted by Gasteiger charge is 2.17. The molecule has 2 aromatic rings. The van der Waals surface area contributed by atoms with Crippen molar-refractivity contribution in [3.63, 3.8) is 0 Å². The molecule has 140 valence electrons. The molecule has 26 heavy (non-hydrogen) atoms. The number of thioether (sulfide) groups is 1. The lowest BCUT2D eigenvalue weighted by atomic mass is 10.2. The van der Waals surface area contributed by atoms with Crippen LogP contribution in [0.25, 0.3) is 5.69 Å². The van der Waals surface area contributed by atoms with E-state index in [2.05, 4.69) is 15.5 Å². The Hall–Kier alpha value is -2.35. The summed E-state index contributed by atoms with van der Waals surface area (Å²) in [6.07, 6.45) is 0.868. The van der Waals surface area contributed by atoms with E-state index in [0.717, 1.165) is 23.5 Å². The van der Waals surface area contributed by atoms with Crippen LogP contribution in [0, 0.1) is 13.8 Å². The molecule has 0 spiro atoms. The first-order valence-electron chi connectivity index (χ1n) is 8.55. The van der Waals surface area contributed by atoms with Gasteiger partial charge in [-0.2, -0.15) is 0 Å². The van der Waals surface area contributed by atoms with Crippen molar-refractivity contribution in [2.24, 2.45) is 0 Å². The van der Waals surface area contributed by atoms with Crippen molar-refractivity contribution in [2.45, 2.75) is 32.3 Å². The number of amides is 2. The number of nitrogens with one attached hydrogen (secondary N) is 1. The zero-order chi connectivity index (χ0) is 19.1. The van der Waals surface area contributed by atoms with E-state index in [0.29, 0.717) is 11.7 Å². The second-order valence-electron chi connectivity index (χ2n) is 6.09. The maximum Gasteiger partial charge on any atom is 0.239 e. The van der Waals surface area contributed by atoms with Crippen LogP contribution in [0.15, 0.2) is 29.4 Å². The smallest absolute Gasteiger partial charge is 0.239 e. The summed E-state index contributed by atoms with van der Waals surface area (Å²) in [5, 5.41) is 11.7. The van der Waals surface area contributed by atoms with E-state index in [-0.39, 0.29) is 24.1 Å². The Morgan fingerprint density at radius 2 is 2.04 bits per heavy atom. The van der Waals surface area contributed by atoms with Crippen LogP contribution >= 0.6 is 11.8 Å². The first kappa shape index (κ1) is 20.0. The normalized spacial score (nSPS) is 10.6. The minimum absolute atomic E-state index is 0.0585. The second-order valence-corrected chi connectivity index (χ2v) is 7.04. The summed E-state index contributed by atoms with van der Waals surface area (Å²) in [6.45, 7) is 6.57. The summed E-state index contributed by atoms with van der Waals surface area (Å²) < 4.78 is 1.93. The average molecular weight is 375 g/mol. The molecule has 2 amide bonds. The van der Waals surface area contributed by atoms with E-state index >= 15 is 0 Å². The zero-order valence-corrected chi connectivity index (χ0v) is 16.5. The largest absolute Gasteiger partial charge is 0.355 e. The van der Waals surface area contributed by atoms with Crippen LogP contribution in [-0.4, -0.2) is 57.4 Å². The first-order chi connectivity index (χ1) is 12.4. The Balaban J connectivity index is 2.00. The van der Waals surface area contributed by atoms with Gasteiger partial charge in [-0.05, 0) is 38.0 Å². The minimum atomic E-state index is -0.147. The molecule has 0 saturated carbocycles. The second kappa shape index (κ2) is 9.38. The number of benzene rings is 1. The number of carbonyl (C=O) groups is 2. The van der Waals surface area contributed by atoms with Gasteiger partial charge in [0.2, 0.25) is 11.8 Å². The van der Waals surface area contributed by atoms with Gasteiger partial charge in [0.05, 0.1) is 12.3 Å². The predicted octanol–water partition coefficient (Wildman–Crippen LogP) is 1.96. The molecule has 1 N–H and O–H groups in total. The molecule has 0 atom stereocenters. The molecule has 1 aromatic heterocycles. The molecule has 0 unspecified atom stereocenters. The van der Waals surface area contributed by atoms with Crippen LogP contribution in [0.3, 0.4) is 0 Å². The number of rotatable bonds is 8. The summed E-state index contributed by atoms with van der Waals surface area (Å²) in [5.74, 6) is 0.684. The van der Waals surface area contributed by atoms with E-state index in [4.69, 9.17) is 0 Å². The Kier molecular flexibility index (Phi) is 7.20. The molecule has 0 aliphatic heterocycles. The number of aromatic nitrogens is 3. The van der Waals surface area contributed by atoms with Crippen LogP contribution in [0.5, 0.6) is 0 Å². The van der Waals surface area contributed by atoms with Gasteiger partial charge in [-0.3, -0.25) is 14.2 Å². The van der Waals surface area contributed by atoms with E-state index in [1.165, 1.54) is 16.7 Å². The van der Waals surface area contributed by atoms with Gasteiger partial charge in [-0.15, -0.1) is 10.2 Å². The molecule has 0 aliphatic rings. The number of hydrogen-bond donors (Lipinski definition) is 1. The third-order valence-corrected chi connectivity index (χ3v) is 4.67. The zero-order valence-electron chi connectivity index (χ0n) is 15.7. The Bertz CT molecular complexity index is 775. The summed E-state index contributed by atoms with van der Waals surface area (Å²) in [4.78, 5) is 25.5.